The number of β-amino-alcohol motifs (C(OH)–C–C–N with tert-alkyl or cyclic N) is 1. The van der Waals surface area contributed by atoms with E-state index in [-0.39, 0.29) is 30.6 Å². The Morgan fingerprint density at radius 3 is 2.67 bits per heavy atom. The van der Waals surface area contributed by atoms with Gasteiger partial charge >= 0.3 is 5.97 Å². The van der Waals surface area contributed by atoms with Crippen LogP contribution in [0.15, 0.2) is 24.3 Å². The fourth-order valence-corrected chi connectivity index (χ4v) is 2.43. The number of carbonyl (C=O) groups excluding carboxylic acids is 1. The van der Waals surface area contributed by atoms with E-state index in [0.717, 1.165) is 4.90 Å². The molecule has 1 aliphatic heterocycles. The largest absolute Gasteiger partial charge is 0.480 e. The van der Waals surface area contributed by atoms with Crippen molar-refractivity contribution in [1.29, 1.82) is 0 Å². The molecule has 0 saturated carbocycles. The number of hydrogen-bond acceptors (Lipinski definition) is 5. The Labute approximate surface area is 119 Å². The molecule has 0 bridgehead atoms. The number of aliphatic carboxylic acids is 1. The number of hydrogen-bond donors (Lipinski definition) is 2. The predicted octanol–water partition coefficient (Wildman–Crippen LogP) is 0.184. The zero-order valence-electron chi connectivity index (χ0n) is 11.0. The third-order valence-corrected chi connectivity index (χ3v) is 3.41. The summed E-state index contributed by atoms with van der Waals surface area (Å²) in [5, 5.41) is 29.5. The number of nitrogens with zero attached hydrogens (tertiary/aromatic N) is 2. The lowest BCUT2D eigenvalue weighted by atomic mass is 10.1. The van der Waals surface area contributed by atoms with E-state index in [1.54, 1.807) is 6.07 Å². The second-order valence-electron chi connectivity index (χ2n) is 4.85. The number of carbonyl (C=O) groups is 2. The molecule has 1 aliphatic rings. The molecule has 21 heavy (non-hydrogen) atoms. The van der Waals surface area contributed by atoms with Crippen LogP contribution in [0.2, 0.25) is 0 Å². The molecule has 0 aliphatic carbocycles. The molecule has 0 radical (unpaired) electrons. The first-order valence-corrected chi connectivity index (χ1v) is 6.32. The Hall–Kier alpha value is -2.48. The van der Waals surface area contributed by atoms with Crippen LogP contribution in [0.25, 0.3) is 0 Å². The maximum Gasteiger partial charge on any atom is 0.326 e. The number of aliphatic hydroxyl groups is 1. The summed E-state index contributed by atoms with van der Waals surface area (Å²) >= 11 is 0. The lowest BCUT2D eigenvalue weighted by Gasteiger charge is -2.21. The molecule has 1 aromatic rings. The summed E-state index contributed by atoms with van der Waals surface area (Å²) in [6.07, 6.45) is -1.19. The third-order valence-electron chi connectivity index (χ3n) is 3.41. The van der Waals surface area contributed by atoms with E-state index in [2.05, 4.69) is 0 Å². The Morgan fingerprint density at radius 2 is 2.05 bits per heavy atom. The molecule has 8 heteroatoms. The van der Waals surface area contributed by atoms with E-state index < -0.39 is 28.9 Å². The Kier molecular flexibility index (Phi) is 4.18. The summed E-state index contributed by atoms with van der Waals surface area (Å²) in [6, 6.07) is 4.72. The minimum Gasteiger partial charge on any atom is -0.480 e. The van der Waals surface area contributed by atoms with Crippen LogP contribution >= 0.6 is 0 Å². The summed E-state index contributed by atoms with van der Waals surface area (Å²) in [5.74, 6) is -1.74. The molecule has 0 aromatic heterocycles. The fraction of sp³-hybridized carbons (Fsp3) is 0.385. The molecule has 1 aromatic carbocycles. The molecule has 0 spiro atoms. The van der Waals surface area contributed by atoms with E-state index in [1.165, 1.54) is 18.2 Å². The predicted molar refractivity (Wildman–Crippen MR) is 70.6 cm³/mol. The topological polar surface area (TPSA) is 121 Å². The SMILES string of the molecule is O=C(O)[C@@H]1C[C@@H](O)CN1C(=O)Cc1ccccc1[N+](=O)[O-]. The van der Waals surface area contributed by atoms with Crippen LogP contribution in [-0.4, -0.2) is 50.6 Å². The minimum atomic E-state index is -1.19. The first-order valence-electron chi connectivity index (χ1n) is 6.32. The van der Waals surface area contributed by atoms with Gasteiger partial charge in [-0.25, -0.2) is 4.79 Å². The molecular formula is C13H14N2O6. The quantitative estimate of drug-likeness (QED) is 0.603. The molecule has 112 valence electrons. The van der Waals surface area contributed by atoms with Gasteiger partial charge in [-0.2, -0.15) is 0 Å². The van der Waals surface area contributed by atoms with E-state index in [4.69, 9.17) is 5.11 Å². The average molecular weight is 294 g/mol. The molecule has 1 amide bonds. The number of carboxylic acids is 1. The number of carboxylic acid groups (broad SMARTS) is 1. The number of benzene rings is 1. The van der Waals surface area contributed by atoms with Crippen molar-refractivity contribution in [3.63, 3.8) is 0 Å². The highest BCUT2D eigenvalue weighted by Crippen LogP contribution is 2.23. The maximum atomic E-state index is 12.2. The van der Waals surface area contributed by atoms with Crippen LogP contribution in [0.4, 0.5) is 5.69 Å². The van der Waals surface area contributed by atoms with Crippen molar-refractivity contribution < 1.29 is 24.7 Å². The van der Waals surface area contributed by atoms with E-state index in [0.29, 0.717) is 0 Å². The van der Waals surface area contributed by atoms with Crippen molar-refractivity contribution in [3.05, 3.63) is 39.9 Å². The third kappa shape index (κ3) is 3.16. The van der Waals surface area contributed by atoms with Gasteiger partial charge in [-0.1, -0.05) is 18.2 Å². The van der Waals surface area contributed by atoms with Gasteiger partial charge in [0.05, 0.1) is 17.4 Å². The summed E-state index contributed by atoms with van der Waals surface area (Å²) in [6.45, 7) is -0.0730. The molecule has 2 N–H and O–H groups in total. The Balaban J connectivity index is 2.18. The van der Waals surface area contributed by atoms with Crippen LogP contribution in [0.1, 0.15) is 12.0 Å². The van der Waals surface area contributed by atoms with Crippen molar-refractivity contribution in [2.24, 2.45) is 0 Å². The van der Waals surface area contributed by atoms with Crippen LogP contribution in [-0.2, 0) is 16.0 Å². The zero-order valence-corrected chi connectivity index (χ0v) is 11.0. The highest BCUT2D eigenvalue weighted by molar-refractivity contribution is 5.86. The average Bonchev–Trinajstić information content (AvgIpc) is 2.81. The van der Waals surface area contributed by atoms with E-state index in [1.807, 2.05) is 0 Å². The standard InChI is InChI=1S/C13H14N2O6/c16-9-6-11(13(18)19)14(7-9)12(17)5-8-3-1-2-4-10(8)15(20)21/h1-4,9,11,16H,5-7H2,(H,18,19)/t9-,11+/m1/s1. The monoisotopic (exact) mass is 294 g/mol. The maximum absolute atomic E-state index is 12.2. The van der Waals surface area contributed by atoms with Gasteiger partial charge in [-0.05, 0) is 0 Å². The number of likely N-dealkylation sites (tertiary alicyclic amines) is 1. The van der Waals surface area contributed by atoms with Crippen molar-refractivity contribution in [1.82, 2.24) is 4.90 Å². The van der Waals surface area contributed by atoms with Gasteiger partial charge in [0.1, 0.15) is 6.04 Å². The van der Waals surface area contributed by atoms with Crippen LogP contribution < -0.4 is 0 Å². The van der Waals surface area contributed by atoms with Gasteiger partial charge < -0.3 is 15.1 Å². The van der Waals surface area contributed by atoms with Crippen molar-refractivity contribution in [2.45, 2.75) is 25.0 Å². The van der Waals surface area contributed by atoms with E-state index in [9.17, 15) is 24.8 Å². The van der Waals surface area contributed by atoms with Gasteiger partial charge in [0, 0.05) is 24.6 Å². The zero-order chi connectivity index (χ0) is 15.6. The Morgan fingerprint density at radius 1 is 1.38 bits per heavy atom. The number of rotatable bonds is 4. The number of nitro groups is 1. The van der Waals surface area contributed by atoms with E-state index >= 15 is 0 Å². The first-order chi connectivity index (χ1) is 9.90. The molecule has 2 atom stereocenters. The van der Waals surface area contributed by atoms with Gasteiger partial charge in [-0.3, -0.25) is 14.9 Å². The number of para-hydroxylation sites is 1. The van der Waals surface area contributed by atoms with Crippen LogP contribution in [0.3, 0.4) is 0 Å². The second kappa shape index (κ2) is 5.88. The van der Waals surface area contributed by atoms with Gasteiger partial charge in [0.15, 0.2) is 0 Å². The molecule has 0 unspecified atom stereocenters. The molecule has 1 fully saturated rings. The minimum absolute atomic E-state index is 0.0298. The summed E-state index contributed by atoms with van der Waals surface area (Å²) in [5.41, 5.74) is 0.0375. The summed E-state index contributed by atoms with van der Waals surface area (Å²) in [4.78, 5) is 34.6. The van der Waals surface area contributed by atoms with Crippen molar-refractivity contribution >= 4 is 17.6 Å². The normalized spacial score (nSPS) is 21.3. The smallest absolute Gasteiger partial charge is 0.326 e. The molecular weight excluding hydrogens is 280 g/mol. The van der Waals surface area contributed by atoms with Crippen molar-refractivity contribution in [2.75, 3.05) is 6.54 Å². The first kappa shape index (κ1) is 14.9. The summed E-state index contributed by atoms with van der Waals surface area (Å²) in [7, 11) is 0. The van der Waals surface area contributed by atoms with Gasteiger partial charge in [-0.15, -0.1) is 0 Å². The second-order valence-corrected chi connectivity index (χ2v) is 4.85. The highest BCUT2D eigenvalue weighted by Gasteiger charge is 2.39. The molecule has 8 nitrogen and oxygen atoms in total. The number of aliphatic hydroxyl groups excluding tert-OH is 1. The number of amides is 1. The van der Waals surface area contributed by atoms with Crippen molar-refractivity contribution in [3.8, 4) is 0 Å². The highest BCUT2D eigenvalue weighted by atomic mass is 16.6. The van der Waals surface area contributed by atoms with Crippen LogP contribution in [0, 0.1) is 10.1 Å². The van der Waals surface area contributed by atoms with Gasteiger partial charge in [0.25, 0.3) is 5.69 Å². The lowest BCUT2D eigenvalue weighted by molar-refractivity contribution is -0.385. The number of nitro benzene ring substituents is 1. The molecule has 2 rings (SSSR count). The van der Waals surface area contributed by atoms with Gasteiger partial charge in [0.2, 0.25) is 5.91 Å². The fourth-order valence-electron chi connectivity index (χ4n) is 2.43. The Bertz CT molecular complexity index is 588. The van der Waals surface area contributed by atoms with Crippen LogP contribution in [0.5, 0.6) is 0 Å². The summed E-state index contributed by atoms with van der Waals surface area (Å²) < 4.78 is 0. The molecule has 1 saturated heterocycles. The lowest BCUT2D eigenvalue weighted by Crippen LogP contribution is -2.41. The molecule has 1 heterocycles.